The van der Waals surface area contributed by atoms with Gasteiger partial charge in [-0.2, -0.15) is 4.98 Å². The zero-order valence-corrected chi connectivity index (χ0v) is 23.9. The molecule has 1 amide bonds. The van der Waals surface area contributed by atoms with Crippen LogP contribution in [0.5, 0.6) is 5.88 Å². The predicted octanol–water partition coefficient (Wildman–Crippen LogP) is 3.53. The van der Waals surface area contributed by atoms with E-state index in [0.717, 1.165) is 29.7 Å². The number of primary amides is 1. The highest BCUT2D eigenvalue weighted by atomic mass is 19.3. The summed E-state index contributed by atoms with van der Waals surface area (Å²) in [5.74, 6) is 0.430. The predicted molar refractivity (Wildman–Crippen MR) is 160 cm³/mol. The molecule has 0 radical (unpaired) electrons. The van der Waals surface area contributed by atoms with Crippen molar-refractivity contribution < 1.29 is 18.3 Å². The molecule has 0 bridgehead atoms. The molecule has 14 heteroatoms. The van der Waals surface area contributed by atoms with Gasteiger partial charge in [-0.05, 0) is 39.2 Å². The van der Waals surface area contributed by atoms with Crippen LogP contribution in [0.25, 0.3) is 22.3 Å². The number of rotatable bonds is 14. The van der Waals surface area contributed by atoms with Crippen molar-refractivity contribution in [1.82, 2.24) is 29.6 Å². The molecule has 4 N–H and O–H groups in total. The lowest BCUT2D eigenvalue weighted by Gasteiger charge is -2.20. The number of aromatic nitrogens is 5. The molecule has 0 aliphatic heterocycles. The monoisotopic (exact) mass is 580 g/mol. The molecule has 1 aromatic carbocycles. The van der Waals surface area contributed by atoms with E-state index < -0.39 is 18.9 Å². The SMILES string of the molecule is C=C(C(N)=O)c1c(OCC(F)F)ncc(Nc2nccc(-n3nc(N(C)C)c4ccccc43)n2)c1NCCCN(C)C. The summed E-state index contributed by atoms with van der Waals surface area (Å²) in [6, 6.07) is 9.53. The van der Waals surface area contributed by atoms with Crippen molar-refractivity contribution in [2.24, 2.45) is 5.73 Å². The maximum absolute atomic E-state index is 13.0. The van der Waals surface area contributed by atoms with Crippen LogP contribution >= 0.6 is 0 Å². The van der Waals surface area contributed by atoms with E-state index in [1.54, 1.807) is 16.9 Å². The molecule has 42 heavy (non-hydrogen) atoms. The Bertz CT molecular complexity index is 1570. The number of alkyl halides is 2. The molecule has 0 aliphatic rings. The summed E-state index contributed by atoms with van der Waals surface area (Å²) in [4.78, 5) is 29.3. The van der Waals surface area contributed by atoms with E-state index in [0.29, 0.717) is 23.7 Å². The summed E-state index contributed by atoms with van der Waals surface area (Å²) >= 11 is 0. The van der Waals surface area contributed by atoms with Crippen molar-refractivity contribution in [3.8, 4) is 11.7 Å². The van der Waals surface area contributed by atoms with Crippen LogP contribution in [0.1, 0.15) is 12.0 Å². The summed E-state index contributed by atoms with van der Waals surface area (Å²) in [6.07, 6.45) is 0.948. The molecule has 0 saturated carbocycles. The van der Waals surface area contributed by atoms with Gasteiger partial charge >= 0.3 is 0 Å². The average molecular weight is 581 g/mol. The molecule has 0 spiro atoms. The normalized spacial score (nSPS) is 11.2. The van der Waals surface area contributed by atoms with Crippen LogP contribution in [-0.2, 0) is 4.79 Å². The first-order chi connectivity index (χ1) is 20.1. The Labute approximate surface area is 242 Å². The van der Waals surface area contributed by atoms with Gasteiger partial charge in [-0.15, -0.1) is 5.10 Å². The molecule has 3 aromatic heterocycles. The minimum absolute atomic E-state index is 0.0721. The number of carbonyl (C=O) groups is 1. The van der Waals surface area contributed by atoms with Gasteiger partial charge in [-0.1, -0.05) is 18.7 Å². The van der Waals surface area contributed by atoms with E-state index in [9.17, 15) is 13.6 Å². The standard InChI is InChI=1S/C28H34F2N10O2/c1-17(25(31)41)23-24(32-12-8-14-38(2)3)19(15-34-27(23)42-16-21(29)30)35-28-33-13-11-22(36-28)40-20-10-7-6-9-18(20)26(37-40)39(4)5/h6-7,9-11,13,15,21H,1,8,12,14,16H2,2-5H3,(H2,31,41)(H,32,34)(H,33,35,36). The third kappa shape index (κ3) is 6.89. The average Bonchev–Trinajstić information content (AvgIpc) is 3.34. The number of carbonyl (C=O) groups excluding carboxylic acids is 1. The van der Waals surface area contributed by atoms with Crippen molar-refractivity contribution in [3.05, 3.63) is 54.9 Å². The lowest BCUT2D eigenvalue weighted by Crippen LogP contribution is -2.20. The summed E-state index contributed by atoms with van der Waals surface area (Å²) in [7, 11) is 7.73. The van der Waals surface area contributed by atoms with E-state index in [1.807, 2.05) is 62.3 Å². The third-order valence-electron chi connectivity index (χ3n) is 6.17. The van der Waals surface area contributed by atoms with Crippen molar-refractivity contribution >= 4 is 45.5 Å². The highest BCUT2D eigenvalue weighted by Crippen LogP contribution is 2.38. The van der Waals surface area contributed by atoms with E-state index in [1.165, 1.54) is 6.20 Å². The van der Waals surface area contributed by atoms with Crippen LogP contribution in [0.3, 0.4) is 0 Å². The fraction of sp³-hybridized carbons (Fsp3) is 0.321. The summed E-state index contributed by atoms with van der Waals surface area (Å²) in [5.41, 5.74) is 7.02. The smallest absolute Gasteiger partial charge is 0.272 e. The number of hydrogen-bond donors (Lipinski definition) is 3. The topological polar surface area (TPSA) is 139 Å². The van der Waals surface area contributed by atoms with Gasteiger partial charge in [0.25, 0.3) is 6.43 Å². The Balaban J connectivity index is 1.76. The first kappa shape index (κ1) is 30.1. The van der Waals surface area contributed by atoms with E-state index in [2.05, 4.69) is 32.2 Å². The van der Waals surface area contributed by atoms with Crippen LogP contribution in [0.15, 0.2) is 49.3 Å². The quantitative estimate of drug-likeness (QED) is 0.150. The fourth-order valence-corrected chi connectivity index (χ4v) is 4.24. The van der Waals surface area contributed by atoms with E-state index in [-0.39, 0.29) is 23.0 Å². The zero-order chi connectivity index (χ0) is 30.4. The van der Waals surface area contributed by atoms with Gasteiger partial charge in [0, 0.05) is 43.9 Å². The Morgan fingerprint density at radius 2 is 1.93 bits per heavy atom. The summed E-state index contributed by atoms with van der Waals surface area (Å²) < 4.78 is 33.0. The van der Waals surface area contributed by atoms with Gasteiger partial charge < -0.3 is 30.9 Å². The van der Waals surface area contributed by atoms with Gasteiger partial charge in [0.05, 0.1) is 28.7 Å². The Morgan fingerprint density at radius 1 is 1.17 bits per heavy atom. The fourth-order valence-electron chi connectivity index (χ4n) is 4.24. The number of hydrogen-bond acceptors (Lipinski definition) is 10. The number of nitrogens with one attached hydrogen (secondary N) is 2. The number of nitrogens with zero attached hydrogens (tertiary/aromatic N) is 7. The van der Waals surface area contributed by atoms with Crippen LogP contribution < -0.4 is 26.0 Å². The van der Waals surface area contributed by atoms with Crippen LogP contribution in [-0.4, -0.2) is 89.9 Å². The van der Waals surface area contributed by atoms with Gasteiger partial charge in [0.15, 0.2) is 18.2 Å². The second-order valence-electron chi connectivity index (χ2n) is 9.87. The largest absolute Gasteiger partial charge is 0.471 e. The van der Waals surface area contributed by atoms with Gasteiger partial charge in [-0.3, -0.25) is 4.79 Å². The second kappa shape index (κ2) is 13.2. The molecule has 3 heterocycles. The number of benzene rings is 1. The van der Waals surface area contributed by atoms with Crippen LogP contribution in [0, 0.1) is 0 Å². The number of pyridine rings is 1. The highest BCUT2D eigenvalue weighted by Gasteiger charge is 2.23. The van der Waals surface area contributed by atoms with Crippen molar-refractivity contribution in [1.29, 1.82) is 0 Å². The molecule has 12 nitrogen and oxygen atoms in total. The molecule has 0 aliphatic carbocycles. The number of amides is 1. The van der Waals surface area contributed by atoms with Crippen molar-refractivity contribution in [2.45, 2.75) is 12.8 Å². The van der Waals surface area contributed by atoms with Gasteiger partial charge in [0.1, 0.15) is 0 Å². The number of fused-ring (bicyclic) bond motifs is 1. The first-order valence-corrected chi connectivity index (χ1v) is 13.1. The third-order valence-corrected chi connectivity index (χ3v) is 6.17. The van der Waals surface area contributed by atoms with Gasteiger partial charge in [0.2, 0.25) is 17.7 Å². The number of para-hydroxylation sites is 1. The molecule has 0 saturated heterocycles. The molecule has 222 valence electrons. The van der Waals surface area contributed by atoms with E-state index >= 15 is 0 Å². The summed E-state index contributed by atoms with van der Waals surface area (Å²) in [6.45, 7) is 4.10. The molecule has 4 rings (SSSR count). The Kier molecular flexibility index (Phi) is 9.47. The van der Waals surface area contributed by atoms with Crippen LogP contribution in [0.2, 0.25) is 0 Å². The highest BCUT2D eigenvalue weighted by molar-refractivity contribution is 6.20. The number of halogens is 2. The first-order valence-electron chi connectivity index (χ1n) is 13.1. The maximum atomic E-state index is 13.0. The zero-order valence-electron chi connectivity index (χ0n) is 23.9. The molecular weight excluding hydrogens is 546 g/mol. The Morgan fingerprint density at radius 3 is 2.62 bits per heavy atom. The Hall–Kier alpha value is -4.85. The number of ether oxygens (including phenoxy) is 1. The number of anilines is 4. The lowest BCUT2D eigenvalue weighted by atomic mass is 10.0. The minimum Gasteiger partial charge on any atom is -0.471 e. The molecular formula is C28H34F2N10O2. The molecule has 0 fully saturated rings. The van der Waals surface area contributed by atoms with Crippen molar-refractivity contribution in [3.63, 3.8) is 0 Å². The van der Waals surface area contributed by atoms with Crippen molar-refractivity contribution in [2.75, 3.05) is 63.4 Å². The number of nitrogens with two attached hydrogens (primary N) is 1. The maximum Gasteiger partial charge on any atom is 0.272 e. The van der Waals surface area contributed by atoms with E-state index in [4.69, 9.17) is 15.6 Å². The molecule has 0 unspecified atom stereocenters. The molecule has 4 aromatic rings. The second-order valence-corrected chi connectivity index (χ2v) is 9.87. The molecule has 0 atom stereocenters. The lowest BCUT2D eigenvalue weighted by molar-refractivity contribution is -0.112. The van der Waals surface area contributed by atoms with Gasteiger partial charge in [-0.25, -0.2) is 23.4 Å². The van der Waals surface area contributed by atoms with Crippen LogP contribution in [0.4, 0.5) is 31.9 Å². The minimum atomic E-state index is -2.75. The summed E-state index contributed by atoms with van der Waals surface area (Å²) in [5, 5.41) is 12.1.